The second-order valence-electron chi connectivity index (χ2n) is 5.16. The molecule has 19 heavy (non-hydrogen) atoms. The van der Waals surface area contributed by atoms with Crippen LogP contribution in [0.1, 0.15) is 43.0 Å². The number of rotatable bonds is 3. The maximum atomic E-state index is 12.1. The Hall–Kier alpha value is -1.30. The smallest absolute Gasteiger partial charge is 0.329 e. The molecule has 104 valence electrons. The van der Waals surface area contributed by atoms with Gasteiger partial charge in [0.15, 0.2) is 4.67 Å². The zero-order valence-electron chi connectivity index (χ0n) is 10.6. The number of furan rings is 1. The standard InChI is InChI=1S/C13H16BrNO4/c1-8-2-4-13(5-3-8,12(17)18)15-11(16)9-6-10(14)19-7-9/h6-8H,2-5H2,1H3,(H,15,16)(H,17,18). The van der Waals surface area contributed by atoms with Gasteiger partial charge in [0.25, 0.3) is 5.91 Å². The quantitative estimate of drug-likeness (QED) is 0.893. The summed E-state index contributed by atoms with van der Waals surface area (Å²) < 4.78 is 5.44. The number of halogens is 1. The summed E-state index contributed by atoms with van der Waals surface area (Å²) in [5.74, 6) is -0.867. The van der Waals surface area contributed by atoms with Crippen LogP contribution in [0.4, 0.5) is 0 Å². The Morgan fingerprint density at radius 3 is 2.58 bits per heavy atom. The Balaban J connectivity index is 2.13. The average Bonchev–Trinajstić information content (AvgIpc) is 2.79. The lowest BCUT2D eigenvalue weighted by Crippen LogP contribution is -2.56. The molecule has 1 amide bonds. The van der Waals surface area contributed by atoms with Crippen molar-refractivity contribution in [3.05, 3.63) is 22.6 Å². The van der Waals surface area contributed by atoms with Crippen molar-refractivity contribution in [2.75, 3.05) is 0 Å². The van der Waals surface area contributed by atoms with E-state index in [0.29, 0.717) is 29.0 Å². The van der Waals surface area contributed by atoms with Crippen LogP contribution >= 0.6 is 15.9 Å². The molecule has 1 aromatic heterocycles. The first-order chi connectivity index (χ1) is 8.93. The molecule has 1 heterocycles. The Morgan fingerprint density at radius 1 is 1.47 bits per heavy atom. The van der Waals surface area contributed by atoms with E-state index < -0.39 is 17.4 Å². The first-order valence-corrected chi connectivity index (χ1v) is 7.02. The van der Waals surface area contributed by atoms with Gasteiger partial charge in [-0.05, 0) is 47.5 Å². The van der Waals surface area contributed by atoms with Gasteiger partial charge in [0.1, 0.15) is 11.8 Å². The minimum absolute atomic E-state index is 0.325. The number of hydrogen-bond donors (Lipinski definition) is 2. The van der Waals surface area contributed by atoms with E-state index in [-0.39, 0.29) is 0 Å². The Labute approximate surface area is 119 Å². The van der Waals surface area contributed by atoms with E-state index in [2.05, 4.69) is 28.2 Å². The number of carboxylic acid groups (broad SMARTS) is 1. The van der Waals surface area contributed by atoms with E-state index in [1.165, 1.54) is 12.3 Å². The molecule has 0 spiro atoms. The molecule has 0 saturated heterocycles. The zero-order valence-corrected chi connectivity index (χ0v) is 12.2. The van der Waals surface area contributed by atoms with Crippen LogP contribution in [0.3, 0.4) is 0 Å². The molecule has 1 aromatic rings. The first-order valence-electron chi connectivity index (χ1n) is 6.23. The molecule has 0 radical (unpaired) electrons. The molecule has 0 aliphatic heterocycles. The minimum atomic E-state index is -1.15. The van der Waals surface area contributed by atoms with E-state index in [1.807, 2.05) is 0 Å². The highest BCUT2D eigenvalue weighted by Crippen LogP contribution is 2.32. The van der Waals surface area contributed by atoms with E-state index in [4.69, 9.17) is 4.42 Å². The molecule has 2 rings (SSSR count). The summed E-state index contributed by atoms with van der Waals surface area (Å²) in [6.45, 7) is 2.10. The topological polar surface area (TPSA) is 79.5 Å². The Kier molecular flexibility index (Phi) is 3.99. The van der Waals surface area contributed by atoms with Crippen LogP contribution in [0.2, 0.25) is 0 Å². The van der Waals surface area contributed by atoms with Gasteiger partial charge in [-0.15, -0.1) is 0 Å². The molecule has 2 N–H and O–H groups in total. The lowest BCUT2D eigenvalue weighted by atomic mass is 9.77. The summed E-state index contributed by atoms with van der Waals surface area (Å²) in [4.78, 5) is 23.6. The molecule has 5 nitrogen and oxygen atoms in total. The van der Waals surface area contributed by atoms with Crippen LogP contribution in [-0.4, -0.2) is 22.5 Å². The fourth-order valence-electron chi connectivity index (χ4n) is 2.37. The number of amides is 1. The number of carboxylic acids is 1. The highest BCUT2D eigenvalue weighted by molar-refractivity contribution is 9.10. The maximum Gasteiger partial charge on any atom is 0.329 e. The van der Waals surface area contributed by atoms with Crippen LogP contribution in [0.25, 0.3) is 0 Å². The van der Waals surface area contributed by atoms with Gasteiger partial charge in [0, 0.05) is 6.07 Å². The molecule has 1 fully saturated rings. The van der Waals surface area contributed by atoms with E-state index in [1.54, 1.807) is 0 Å². The molecular weight excluding hydrogens is 314 g/mol. The van der Waals surface area contributed by atoms with Gasteiger partial charge in [-0.25, -0.2) is 4.79 Å². The third-order valence-electron chi connectivity index (χ3n) is 3.72. The molecule has 6 heteroatoms. The van der Waals surface area contributed by atoms with Gasteiger partial charge in [0.05, 0.1) is 5.56 Å². The normalized spacial score (nSPS) is 26.9. The summed E-state index contributed by atoms with van der Waals surface area (Å²) in [5, 5.41) is 12.1. The predicted octanol–water partition coefficient (Wildman–Crippen LogP) is 2.81. The van der Waals surface area contributed by atoms with Crippen LogP contribution in [0, 0.1) is 5.92 Å². The molecule has 0 aromatic carbocycles. The third kappa shape index (κ3) is 3.00. The molecule has 0 atom stereocenters. The number of hydrogen-bond acceptors (Lipinski definition) is 3. The summed E-state index contributed by atoms with van der Waals surface area (Å²) in [6.07, 6.45) is 3.85. The fourth-order valence-corrected chi connectivity index (χ4v) is 2.71. The summed E-state index contributed by atoms with van der Waals surface area (Å²) in [6, 6.07) is 1.52. The fraction of sp³-hybridized carbons (Fsp3) is 0.538. The lowest BCUT2D eigenvalue weighted by Gasteiger charge is -2.36. The van der Waals surface area contributed by atoms with Crippen molar-refractivity contribution < 1.29 is 19.1 Å². The highest BCUT2D eigenvalue weighted by Gasteiger charge is 2.42. The number of carbonyl (C=O) groups excluding carboxylic acids is 1. The summed E-state index contributed by atoms with van der Waals surface area (Å²) in [7, 11) is 0. The van der Waals surface area contributed by atoms with E-state index in [0.717, 1.165) is 12.8 Å². The number of carbonyl (C=O) groups is 2. The van der Waals surface area contributed by atoms with Crippen molar-refractivity contribution in [1.82, 2.24) is 5.32 Å². The first kappa shape index (κ1) is 14.1. The van der Waals surface area contributed by atoms with Crippen molar-refractivity contribution in [3.8, 4) is 0 Å². The van der Waals surface area contributed by atoms with Crippen molar-refractivity contribution in [1.29, 1.82) is 0 Å². The van der Waals surface area contributed by atoms with E-state index >= 15 is 0 Å². The molecule has 0 unspecified atom stereocenters. The molecular formula is C13H16BrNO4. The van der Waals surface area contributed by atoms with Gasteiger partial charge in [0.2, 0.25) is 0 Å². The zero-order chi connectivity index (χ0) is 14.0. The molecule has 1 saturated carbocycles. The van der Waals surface area contributed by atoms with Gasteiger partial charge in [-0.2, -0.15) is 0 Å². The van der Waals surface area contributed by atoms with Gasteiger partial charge in [-0.3, -0.25) is 4.79 Å². The summed E-state index contributed by atoms with van der Waals surface area (Å²) in [5.41, 5.74) is -0.820. The minimum Gasteiger partial charge on any atom is -0.480 e. The second kappa shape index (κ2) is 5.36. The summed E-state index contributed by atoms with van der Waals surface area (Å²) >= 11 is 3.11. The number of nitrogens with one attached hydrogen (secondary N) is 1. The monoisotopic (exact) mass is 329 g/mol. The average molecular weight is 330 g/mol. The highest BCUT2D eigenvalue weighted by atomic mass is 79.9. The van der Waals surface area contributed by atoms with Gasteiger partial charge >= 0.3 is 5.97 Å². The van der Waals surface area contributed by atoms with Gasteiger partial charge < -0.3 is 14.8 Å². The Morgan fingerprint density at radius 2 is 2.11 bits per heavy atom. The maximum absolute atomic E-state index is 12.1. The van der Waals surface area contributed by atoms with Crippen molar-refractivity contribution in [2.24, 2.45) is 5.92 Å². The van der Waals surface area contributed by atoms with Crippen molar-refractivity contribution in [3.63, 3.8) is 0 Å². The third-order valence-corrected chi connectivity index (χ3v) is 4.14. The molecule has 1 aliphatic rings. The second-order valence-corrected chi connectivity index (χ2v) is 5.94. The molecule has 1 aliphatic carbocycles. The SMILES string of the molecule is CC1CCC(NC(=O)c2coc(Br)c2)(C(=O)O)CC1. The van der Waals surface area contributed by atoms with Crippen LogP contribution in [-0.2, 0) is 4.79 Å². The van der Waals surface area contributed by atoms with Crippen LogP contribution in [0.15, 0.2) is 21.4 Å². The van der Waals surface area contributed by atoms with Crippen molar-refractivity contribution in [2.45, 2.75) is 38.1 Å². The number of aliphatic carboxylic acids is 1. The van der Waals surface area contributed by atoms with Crippen molar-refractivity contribution >= 4 is 27.8 Å². The van der Waals surface area contributed by atoms with E-state index in [9.17, 15) is 14.7 Å². The largest absolute Gasteiger partial charge is 0.480 e. The molecule has 0 bridgehead atoms. The predicted molar refractivity (Wildman–Crippen MR) is 71.9 cm³/mol. The van der Waals surface area contributed by atoms with Gasteiger partial charge in [-0.1, -0.05) is 6.92 Å². The lowest BCUT2D eigenvalue weighted by molar-refractivity contribution is -0.146. The Bertz CT molecular complexity index is 489. The van der Waals surface area contributed by atoms with Crippen LogP contribution < -0.4 is 5.32 Å². The van der Waals surface area contributed by atoms with Crippen LogP contribution in [0.5, 0.6) is 0 Å².